The van der Waals surface area contributed by atoms with Crippen LogP contribution >= 0.6 is 0 Å². The topological polar surface area (TPSA) is 152 Å². The van der Waals surface area contributed by atoms with E-state index in [-0.39, 0.29) is 24.1 Å². The van der Waals surface area contributed by atoms with Gasteiger partial charge in [-0.3, -0.25) is 4.28 Å². The van der Waals surface area contributed by atoms with Crippen LogP contribution in [-0.4, -0.2) is 42.0 Å². The summed E-state index contributed by atoms with van der Waals surface area (Å²) in [7, 11) is -5.13. The maximum absolute atomic E-state index is 12.1. The van der Waals surface area contributed by atoms with Gasteiger partial charge in [-0.15, -0.1) is 0 Å². The van der Waals surface area contributed by atoms with Crippen molar-refractivity contribution in [2.45, 2.75) is 23.9 Å². The Morgan fingerprint density at radius 3 is 1.79 bits per heavy atom. The summed E-state index contributed by atoms with van der Waals surface area (Å²) in [6.07, 6.45) is 2.26. The van der Waals surface area contributed by atoms with E-state index in [1.165, 1.54) is 21.2 Å². The van der Waals surface area contributed by atoms with Crippen molar-refractivity contribution in [3.63, 3.8) is 0 Å². The molecule has 0 spiro atoms. The van der Waals surface area contributed by atoms with Crippen LogP contribution in [0, 0.1) is 0 Å². The molecule has 1 unspecified atom stereocenters. The number of carbonyl (C=O) groups excluding carboxylic acids is 2. The van der Waals surface area contributed by atoms with E-state index in [1.54, 1.807) is 72.8 Å². The van der Waals surface area contributed by atoms with Gasteiger partial charge in [0.2, 0.25) is 0 Å². The van der Waals surface area contributed by atoms with Gasteiger partial charge in [0.05, 0.1) is 0 Å². The number of nitrogens with zero attached hydrogens (tertiary/aromatic N) is 1. The minimum Gasteiger partial charge on any atom is -0.714 e. The second kappa shape index (κ2) is 16.9. The molecule has 47 heavy (non-hydrogen) atoms. The molecule has 0 saturated heterocycles. The van der Waals surface area contributed by atoms with Gasteiger partial charge in [-0.1, -0.05) is 108 Å². The van der Waals surface area contributed by atoms with Crippen molar-refractivity contribution in [1.82, 2.24) is 0 Å². The second-order valence-corrected chi connectivity index (χ2v) is 13.0. The molecule has 0 aliphatic rings. The fourth-order valence-corrected chi connectivity index (χ4v) is 5.89. The first kappa shape index (κ1) is 34.7. The molecular weight excluding hydrogens is 643 g/mol. The third kappa shape index (κ3) is 11.3. The number of oxime groups is 1. The van der Waals surface area contributed by atoms with Gasteiger partial charge in [0, 0.05) is 16.5 Å². The number of fused-ring (bicyclic) bond motifs is 1. The van der Waals surface area contributed by atoms with Crippen molar-refractivity contribution >= 4 is 49.7 Å². The highest BCUT2D eigenvalue weighted by Crippen LogP contribution is 2.24. The minimum atomic E-state index is -5.27. The molecule has 1 N–H and O–H groups in total. The minimum absolute atomic E-state index is 0.140. The number of hydrogen-bond acceptors (Lipinski definition) is 10. The Hall–Kier alpha value is -5.17. The molecule has 0 amide bonds. The predicted octanol–water partition coefficient (Wildman–Crippen LogP) is 5.66. The van der Waals surface area contributed by atoms with Gasteiger partial charge in [0.15, 0.2) is 4.90 Å². The second-order valence-electron chi connectivity index (χ2n) is 9.96. The predicted molar refractivity (Wildman–Crippen MR) is 178 cm³/mol. The number of carbonyl (C=O) groups is 2. The Morgan fingerprint density at radius 1 is 0.723 bits per heavy atom. The molecule has 1 atom stereocenters. The summed E-state index contributed by atoms with van der Waals surface area (Å²) in [6, 6.07) is 39.6. The maximum atomic E-state index is 12.1. The van der Waals surface area contributed by atoms with Crippen molar-refractivity contribution in [3.8, 4) is 5.75 Å². The normalized spacial score (nSPS) is 11.4. The van der Waals surface area contributed by atoms with Crippen molar-refractivity contribution < 1.29 is 41.4 Å². The van der Waals surface area contributed by atoms with Crippen LogP contribution in [0.4, 0.5) is 0 Å². The van der Waals surface area contributed by atoms with Crippen LogP contribution in [0.3, 0.4) is 0 Å². The first-order chi connectivity index (χ1) is 22.6. The molecule has 0 aliphatic heterocycles. The number of benzene rings is 5. The third-order valence-electron chi connectivity index (χ3n) is 6.52. The van der Waals surface area contributed by atoms with Crippen LogP contribution in [0.15, 0.2) is 137 Å². The highest BCUT2D eigenvalue weighted by atomic mass is 32.3. The maximum Gasteiger partial charge on any atom is 0.368 e. The summed E-state index contributed by atoms with van der Waals surface area (Å²) >= 11 is 0. The average Bonchev–Trinajstić information content (AvgIpc) is 3.07. The average molecular weight is 674 g/mol. The molecule has 0 heterocycles. The molecule has 5 rings (SSSR count). The number of hydrogen-bond donors (Lipinski definition) is 1. The Balaban J connectivity index is 0.000000221. The summed E-state index contributed by atoms with van der Waals surface area (Å²) in [4.78, 5) is 25.4. The quantitative estimate of drug-likeness (QED) is 0.0356. The first-order valence-corrected chi connectivity index (χ1v) is 17.3. The summed E-state index contributed by atoms with van der Waals surface area (Å²) < 4.78 is 45.1. The fourth-order valence-electron chi connectivity index (χ4n) is 4.24. The van der Waals surface area contributed by atoms with Crippen LogP contribution in [0.25, 0.3) is 10.8 Å². The molecular formula is C35H31NO9S2. The van der Waals surface area contributed by atoms with E-state index in [2.05, 4.69) is 58.2 Å². The lowest BCUT2D eigenvalue weighted by Crippen LogP contribution is -2.29. The SMILES string of the molecule is C[S+](Cc1cccc2ccccc12)c1ccc(O)cc1.O=C(OCc1ccccc1)C(=NOS(=O)(=O)[O-])C(=O)OCc1ccccc1. The zero-order valence-corrected chi connectivity index (χ0v) is 26.9. The van der Waals surface area contributed by atoms with Crippen molar-refractivity contribution in [2.24, 2.45) is 5.16 Å². The van der Waals surface area contributed by atoms with E-state index >= 15 is 0 Å². The number of ether oxygens (including phenoxy) is 2. The van der Waals surface area contributed by atoms with Gasteiger partial charge in [0.1, 0.15) is 31.0 Å². The van der Waals surface area contributed by atoms with E-state index in [1.807, 2.05) is 12.1 Å². The monoisotopic (exact) mass is 673 g/mol. The first-order valence-electron chi connectivity index (χ1n) is 14.1. The number of aromatic hydroxyl groups is 1. The molecule has 0 radical (unpaired) electrons. The number of esters is 2. The van der Waals surface area contributed by atoms with Crippen molar-refractivity contribution in [2.75, 3.05) is 6.26 Å². The Labute approximate surface area is 275 Å². The molecule has 0 bridgehead atoms. The van der Waals surface area contributed by atoms with Gasteiger partial charge in [-0.2, -0.15) is 8.42 Å². The lowest BCUT2D eigenvalue weighted by molar-refractivity contribution is -0.142. The lowest BCUT2D eigenvalue weighted by Gasteiger charge is -2.09. The highest BCUT2D eigenvalue weighted by Gasteiger charge is 2.26. The van der Waals surface area contributed by atoms with Crippen LogP contribution in [0.1, 0.15) is 16.7 Å². The van der Waals surface area contributed by atoms with Crippen LogP contribution < -0.4 is 0 Å². The summed E-state index contributed by atoms with van der Waals surface area (Å²) in [6.45, 7) is -0.427. The number of rotatable bonds is 11. The van der Waals surface area contributed by atoms with E-state index in [4.69, 9.17) is 9.47 Å². The van der Waals surface area contributed by atoms with Crippen LogP contribution in [0.5, 0.6) is 5.75 Å². The molecule has 0 saturated carbocycles. The highest BCUT2D eigenvalue weighted by molar-refractivity contribution is 7.95. The Kier molecular flexibility index (Phi) is 12.5. The zero-order chi connectivity index (χ0) is 33.6. The lowest BCUT2D eigenvalue weighted by atomic mass is 10.1. The zero-order valence-electron chi connectivity index (χ0n) is 25.2. The van der Waals surface area contributed by atoms with Gasteiger partial charge < -0.3 is 19.1 Å². The summed E-state index contributed by atoms with van der Waals surface area (Å²) in [5.41, 5.74) is 1.50. The molecule has 5 aromatic carbocycles. The largest absolute Gasteiger partial charge is 0.714 e. The Bertz CT molecular complexity index is 1850. The van der Waals surface area contributed by atoms with Crippen LogP contribution in [0.2, 0.25) is 0 Å². The van der Waals surface area contributed by atoms with E-state index < -0.39 is 28.0 Å². The summed E-state index contributed by atoms with van der Waals surface area (Å²) in [5.74, 6) is -1.25. The third-order valence-corrected chi connectivity index (χ3v) is 8.60. The number of phenols is 1. The van der Waals surface area contributed by atoms with Gasteiger partial charge in [0.25, 0.3) is 16.1 Å². The van der Waals surface area contributed by atoms with Crippen LogP contribution in [-0.2, 0) is 63.6 Å². The van der Waals surface area contributed by atoms with Gasteiger partial charge in [-0.05, 0) is 46.2 Å². The van der Waals surface area contributed by atoms with Crippen molar-refractivity contribution in [1.29, 1.82) is 0 Å². The van der Waals surface area contributed by atoms with Gasteiger partial charge >= 0.3 is 11.9 Å². The fraction of sp³-hybridized carbons (Fsp3) is 0.114. The number of phenolic OH excluding ortho intramolecular Hbond substituents is 1. The van der Waals surface area contributed by atoms with E-state index in [0.29, 0.717) is 16.9 Å². The molecule has 5 aromatic rings. The smallest absolute Gasteiger partial charge is 0.368 e. The summed E-state index contributed by atoms with van der Waals surface area (Å²) in [5, 5.41) is 14.8. The molecule has 0 aromatic heterocycles. The van der Waals surface area contributed by atoms with E-state index in [9.17, 15) is 27.7 Å². The Morgan fingerprint density at radius 2 is 1.23 bits per heavy atom. The standard InChI is InChI=1S/C18H16OS.C17H15NO8S/c1-20(17-11-9-16(19)10-12-17)13-15-7-4-6-14-5-2-3-8-18(14)15;19-16(24-11-13-7-3-1-4-8-13)15(18-26-27(21,22)23)17(20)25-12-14-9-5-2-6-10-14/h2-12H,13H2,1H3;1-10H,11-12H2,(H,21,22,23). The molecule has 10 nitrogen and oxygen atoms in total. The van der Waals surface area contributed by atoms with Crippen molar-refractivity contribution in [3.05, 3.63) is 144 Å². The van der Waals surface area contributed by atoms with Gasteiger partial charge in [-0.25, -0.2) is 9.59 Å². The molecule has 242 valence electrons. The van der Waals surface area contributed by atoms with E-state index in [0.717, 1.165) is 5.75 Å². The molecule has 0 aliphatic carbocycles. The molecule has 12 heteroatoms. The molecule has 0 fully saturated rings.